The molecule has 1 aromatic rings. The molecule has 1 heterocycles. The molecule has 19 heavy (non-hydrogen) atoms. The van der Waals surface area contributed by atoms with Crippen molar-refractivity contribution in [2.75, 3.05) is 6.54 Å². The summed E-state index contributed by atoms with van der Waals surface area (Å²) in [5, 5.41) is 8.01. The summed E-state index contributed by atoms with van der Waals surface area (Å²) in [5.41, 5.74) is 0. The summed E-state index contributed by atoms with van der Waals surface area (Å²) in [6, 6.07) is 0.660. The Labute approximate surface area is 117 Å². The van der Waals surface area contributed by atoms with Crippen LogP contribution in [0.4, 0.5) is 0 Å². The van der Waals surface area contributed by atoms with Gasteiger partial charge in [-0.05, 0) is 44.1 Å². The van der Waals surface area contributed by atoms with E-state index in [1.54, 1.807) is 6.33 Å². The SMILES string of the molecule is CCCn1ncnc1CC1CC(C)CCC1NCC. The second-order valence-electron chi connectivity index (χ2n) is 5.95. The lowest BCUT2D eigenvalue weighted by atomic mass is 9.77. The first-order valence-corrected chi connectivity index (χ1v) is 7.84. The quantitative estimate of drug-likeness (QED) is 0.859. The normalized spacial score (nSPS) is 27.6. The number of nitrogens with one attached hydrogen (secondary N) is 1. The Morgan fingerprint density at radius 1 is 1.37 bits per heavy atom. The second-order valence-corrected chi connectivity index (χ2v) is 5.95. The lowest BCUT2D eigenvalue weighted by Crippen LogP contribution is -2.41. The molecule has 2 rings (SSSR count). The van der Waals surface area contributed by atoms with Crippen LogP contribution in [0.2, 0.25) is 0 Å². The van der Waals surface area contributed by atoms with E-state index in [-0.39, 0.29) is 0 Å². The lowest BCUT2D eigenvalue weighted by Gasteiger charge is -2.35. The van der Waals surface area contributed by atoms with Gasteiger partial charge in [0, 0.05) is 19.0 Å². The molecule has 4 nitrogen and oxygen atoms in total. The van der Waals surface area contributed by atoms with E-state index in [1.165, 1.54) is 25.1 Å². The number of aryl methyl sites for hydroxylation is 1. The zero-order chi connectivity index (χ0) is 13.7. The van der Waals surface area contributed by atoms with Crippen molar-refractivity contribution >= 4 is 0 Å². The molecule has 0 spiro atoms. The van der Waals surface area contributed by atoms with Crippen LogP contribution in [0.5, 0.6) is 0 Å². The number of aromatic nitrogens is 3. The standard InChI is InChI=1S/C15H28N4/c1-4-8-19-15(17-11-18-19)10-13-9-12(3)6-7-14(13)16-5-2/h11-14,16H,4-10H2,1-3H3. The van der Waals surface area contributed by atoms with Gasteiger partial charge in [0.05, 0.1) is 0 Å². The van der Waals surface area contributed by atoms with Crippen molar-refractivity contribution in [3.63, 3.8) is 0 Å². The minimum absolute atomic E-state index is 0.660. The summed E-state index contributed by atoms with van der Waals surface area (Å²) >= 11 is 0. The molecule has 108 valence electrons. The van der Waals surface area contributed by atoms with Crippen molar-refractivity contribution in [2.24, 2.45) is 11.8 Å². The molecule has 1 aliphatic rings. The first kappa shape index (κ1) is 14.5. The molecule has 0 aliphatic heterocycles. The van der Waals surface area contributed by atoms with Gasteiger partial charge in [-0.25, -0.2) is 4.98 Å². The zero-order valence-electron chi connectivity index (χ0n) is 12.6. The number of rotatable bonds is 6. The second kappa shape index (κ2) is 7.04. The van der Waals surface area contributed by atoms with Gasteiger partial charge in [-0.3, -0.25) is 4.68 Å². The third-order valence-corrected chi connectivity index (χ3v) is 4.29. The van der Waals surface area contributed by atoms with Gasteiger partial charge in [-0.2, -0.15) is 5.10 Å². The van der Waals surface area contributed by atoms with Crippen LogP contribution in [0.3, 0.4) is 0 Å². The fourth-order valence-corrected chi connectivity index (χ4v) is 3.33. The molecule has 0 radical (unpaired) electrons. The van der Waals surface area contributed by atoms with Gasteiger partial charge in [0.1, 0.15) is 12.2 Å². The topological polar surface area (TPSA) is 42.7 Å². The molecule has 0 bridgehead atoms. The first-order valence-electron chi connectivity index (χ1n) is 7.84. The molecule has 0 saturated heterocycles. The van der Waals surface area contributed by atoms with E-state index >= 15 is 0 Å². The summed E-state index contributed by atoms with van der Waals surface area (Å²) in [6.07, 6.45) is 7.88. The van der Waals surface area contributed by atoms with E-state index in [1.807, 2.05) is 0 Å². The van der Waals surface area contributed by atoms with Crippen molar-refractivity contribution < 1.29 is 0 Å². The smallest absolute Gasteiger partial charge is 0.138 e. The summed E-state index contributed by atoms with van der Waals surface area (Å²) in [6.45, 7) is 8.83. The van der Waals surface area contributed by atoms with Gasteiger partial charge in [-0.15, -0.1) is 0 Å². The highest BCUT2D eigenvalue weighted by Gasteiger charge is 2.29. The molecule has 1 aromatic heterocycles. The molecule has 0 amide bonds. The highest BCUT2D eigenvalue weighted by molar-refractivity contribution is 4.93. The summed E-state index contributed by atoms with van der Waals surface area (Å²) in [7, 11) is 0. The van der Waals surface area contributed by atoms with Crippen LogP contribution in [0.1, 0.15) is 52.3 Å². The molecule has 1 N–H and O–H groups in total. The van der Waals surface area contributed by atoms with Crippen molar-refractivity contribution in [1.29, 1.82) is 0 Å². The molecule has 3 atom stereocenters. The average molecular weight is 264 g/mol. The third kappa shape index (κ3) is 3.78. The van der Waals surface area contributed by atoms with Gasteiger partial charge in [0.15, 0.2) is 0 Å². The number of nitrogens with zero attached hydrogens (tertiary/aromatic N) is 3. The van der Waals surface area contributed by atoms with Gasteiger partial charge < -0.3 is 5.32 Å². The van der Waals surface area contributed by atoms with Gasteiger partial charge in [0.2, 0.25) is 0 Å². The fourth-order valence-electron chi connectivity index (χ4n) is 3.33. The summed E-state index contributed by atoms with van der Waals surface area (Å²) in [5.74, 6) is 2.73. The molecule has 3 unspecified atom stereocenters. The summed E-state index contributed by atoms with van der Waals surface area (Å²) < 4.78 is 2.09. The van der Waals surface area contributed by atoms with Crippen LogP contribution in [-0.2, 0) is 13.0 Å². The van der Waals surface area contributed by atoms with E-state index in [9.17, 15) is 0 Å². The predicted octanol–water partition coefficient (Wildman–Crippen LogP) is 2.64. The molecule has 1 saturated carbocycles. The zero-order valence-corrected chi connectivity index (χ0v) is 12.6. The highest BCUT2D eigenvalue weighted by Crippen LogP contribution is 2.31. The van der Waals surface area contributed by atoms with Crippen molar-refractivity contribution in [3.05, 3.63) is 12.2 Å². The molecule has 4 heteroatoms. The van der Waals surface area contributed by atoms with E-state index in [0.29, 0.717) is 12.0 Å². The van der Waals surface area contributed by atoms with E-state index < -0.39 is 0 Å². The number of hydrogen-bond donors (Lipinski definition) is 1. The Morgan fingerprint density at radius 3 is 2.95 bits per heavy atom. The van der Waals surface area contributed by atoms with Crippen molar-refractivity contribution in [1.82, 2.24) is 20.1 Å². The van der Waals surface area contributed by atoms with Gasteiger partial charge in [-0.1, -0.05) is 20.8 Å². The minimum atomic E-state index is 0.660. The van der Waals surface area contributed by atoms with Gasteiger partial charge >= 0.3 is 0 Å². The van der Waals surface area contributed by atoms with Crippen LogP contribution in [0.25, 0.3) is 0 Å². The Kier molecular flexibility index (Phi) is 5.37. The van der Waals surface area contributed by atoms with Gasteiger partial charge in [0.25, 0.3) is 0 Å². The maximum absolute atomic E-state index is 4.47. The summed E-state index contributed by atoms with van der Waals surface area (Å²) in [4.78, 5) is 4.47. The van der Waals surface area contributed by atoms with Crippen LogP contribution < -0.4 is 5.32 Å². The molecule has 1 fully saturated rings. The van der Waals surface area contributed by atoms with E-state index in [4.69, 9.17) is 0 Å². The monoisotopic (exact) mass is 264 g/mol. The number of hydrogen-bond acceptors (Lipinski definition) is 3. The highest BCUT2D eigenvalue weighted by atomic mass is 15.3. The minimum Gasteiger partial charge on any atom is -0.314 e. The van der Waals surface area contributed by atoms with Crippen LogP contribution >= 0.6 is 0 Å². The third-order valence-electron chi connectivity index (χ3n) is 4.29. The largest absolute Gasteiger partial charge is 0.314 e. The van der Waals surface area contributed by atoms with Crippen LogP contribution in [-0.4, -0.2) is 27.4 Å². The molecular formula is C15H28N4. The van der Waals surface area contributed by atoms with Crippen molar-refractivity contribution in [3.8, 4) is 0 Å². The van der Waals surface area contributed by atoms with E-state index in [2.05, 4.69) is 40.9 Å². The fraction of sp³-hybridized carbons (Fsp3) is 0.867. The molecule has 1 aliphatic carbocycles. The van der Waals surface area contributed by atoms with Crippen LogP contribution in [0, 0.1) is 11.8 Å². The predicted molar refractivity (Wildman–Crippen MR) is 78.0 cm³/mol. The van der Waals surface area contributed by atoms with Crippen molar-refractivity contribution in [2.45, 2.75) is 65.5 Å². The maximum Gasteiger partial charge on any atom is 0.138 e. The Bertz CT molecular complexity index is 374. The van der Waals surface area contributed by atoms with E-state index in [0.717, 1.165) is 31.8 Å². The Morgan fingerprint density at radius 2 is 2.21 bits per heavy atom. The Hall–Kier alpha value is -0.900. The molecular weight excluding hydrogens is 236 g/mol. The van der Waals surface area contributed by atoms with Crippen LogP contribution in [0.15, 0.2) is 6.33 Å². The lowest BCUT2D eigenvalue weighted by molar-refractivity contribution is 0.210. The first-order chi connectivity index (χ1) is 9.24. The average Bonchev–Trinajstić information content (AvgIpc) is 2.81. The maximum atomic E-state index is 4.47. The Balaban J connectivity index is 2.03. The molecule has 0 aromatic carbocycles.